The van der Waals surface area contributed by atoms with Gasteiger partial charge in [-0.15, -0.1) is 0 Å². The maximum Gasteiger partial charge on any atom is 0.304 e. The predicted molar refractivity (Wildman–Crippen MR) is 140 cm³/mol. The summed E-state index contributed by atoms with van der Waals surface area (Å²) < 4.78 is 12.4. The van der Waals surface area contributed by atoms with E-state index in [2.05, 4.69) is 9.80 Å². The summed E-state index contributed by atoms with van der Waals surface area (Å²) in [5.41, 5.74) is 1.45. The van der Waals surface area contributed by atoms with Crippen LogP contribution in [0, 0.1) is 0 Å². The van der Waals surface area contributed by atoms with Gasteiger partial charge in [0.25, 0.3) is 5.56 Å². The number of carbonyl (C=O) groups is 1. The van der Waals surface area contributed by atoms with Crippen molar-refractivity contribution in [1.82, 2.24) is 9.47 Å². The van der Waals surface area contributed by atoms with Crippen LogP contribution >= 0.6 is 23.2 Å². The van der Waals surface area contributed by atoms with Gasteiger partial charge in [-0.1, -0.05) is 29.3 Å². The van der Waals surface area contributed by atoms with E-state index < -0.39 is 5.97 Å². The first-order valence-electron chi connectivity index (χ1n) is 11.7. The van der Waals surface area contributed by atoms with Crippen molar-refractivity contribution < 1.29 is 14.3 Å². The molecule has 0 atom stereocenters. The second kappa shape index (κ2) is 11.8. The first kappa shape index (κ1) is 25.4. The van der Waals surface area contributed by atoms with Crippen molar-refractivity contribution in [2.75, 3.05) is 44.2 Å². The van der Waals surface area contributed by atoms with Crippen LogP contribution in [0.5, 0.6) is 5.75 Å². The third-order valence-electron chi connectivity index (χ3n) is 6.14. The highest BCUT2D eigenvalue weighted by molar-refractivity contribution is 6.43. The molecule has 2 aromatic carbocycles. The average Bonchev–Trinajstić information content (AvgIpc) is 2.85. The standard InChI is InChI=1S/C26H29Cl2N3O4/c1-19(32)35-18-31-24-17-21(9-7-20(24)8-10-25(31)33)34-16-3-2-11-29-12-14-30(15-13-29)23-6-4-5-22(27)26(23)28/h4-10,17H,2-3,11-16,18H2,1H3. The summed E-state index contributed by atoms with van der Waals surface area (Å²) in [7, 11) is 0. The Morgan fingerprint density at radius 2 is 1.77 bits per heavy atom. The number of fused-ring (bicyclic) bond motifs is 1. The third-order valence-corrected chi connectivity index (χ3v) is 6.95. The first-order chi connectivity index (χ1) is 16.9. The SMILES string of the molecule is CC(=O)OCn1c(=O)ccc2ccc(OCCCCN3CCN(c4cccc(Cl)c4Cl)CC3)cc21. The summed E-state index contributed by atoms with van der Waals surface area (Å²) in [5, 5.41) is 2.09. The van der Waals surface area contributed by atoms with Crippen LogP contribution in [0.1, 0.15) is 19.8 Å². The molecule has 35 heavy (non-hydrogen) atoms. The fourth-order valence-electron chi connectivity index (χ4n) is 4.22. The van der Waals surface area contributed by atoms with Crippen molar-refractivity contribution in [3.8, 4) is 5.75 Å². The van der Waals surface area contributed by atoms with Gasteiger partial charge in [-0.25, -0.2) is 0 Å². The second-order valence-electron chi connectivity index (χ2n) is 8.54. The molecule has 9 heteroatoms. The van der Waals surface area contributed by atoms with Crippen LogP contribution in [0.4, 0.5) is 5.69 Å². The van der Waals surface area contributed by atoms with Gasteiger partial charge in [0.2, 0.25) is 0 Å². The number of esters is 1. The van der Waals surface area contributed by atoms with Gasteiger partial charge in [-0.2, -0.15) is 0 Å². The Balaban J connectivity index is 1.23. The normalized spacial score (nSPS) is 14.3. The number of ether oxygens (including phenoxy) is 2. The summed E-state index contributed by atoms with van der Waals surface area (Å²) in [6.07, 6.45) is 1.95. The maximum atomic E-state index is 12.2. The summed E-state index contributed by atoms with van der Waals surface area (Å²) in [6, 6.07) is 14.6. The minimum atomic E-state index is -0.434. The lowest BCUT2D eigenvalue weighted by molar-refractivity contribution is -0.144. The van der Waals surface area contributed by atoms with Crippen molar-refractivity contribution in [3.63, 3.8) is 0 Å². The van der Waals surface area contributed by atoms with Gasteiger partial charge in [0, 0.05) is 45.2 Å². The van der Waals surface area contributed by atoms with Crippen LogP contribution in [-0.2, 0) is 16.3 Å². The highest BCUT2D eigenvalue weighted by atomic mass is 35.5. The third kappa shape index (κ3) is 6.48. The van der Waals surface area contributed by atoms with E-state index >= 15 is 0 Å². The van der Waals surface area contributed by atoms with Gasteiger partial charge in [-0.3, -0.25) is 19.1 Å². The number of piperazine rings is 1. The van der Waals surface area contributed by atoms with Gasteiger partial charge in [0.1, 0.15) is 5.75 Å². The molecule has 0 unspecified atom stereocenters. The zero-order valence-corrected chi connectivity index (χ0v) is 21.2. The van der Waals surface area contributed by atoms with Crippen molar-refractivity contribution in [1.29, 1.82) is 0 Å². The smallest absolute Gasteiger partial charge is 0.304 e. The molecule has 1 aromatic heterocycles. The summed E-state index contributed by atoms with van der Waals surface area (Å²) >= 11 is 12.5. The Morgan fingerprint density at radius 3 is 2.54 bits per heavy atom. The largest absolute Gasteiger partial charge is 0.494 e. The van der Waals surface area contributed by atoms with Crippen LogP contribution in [-0.4, -0.2) is 54.8 Å². The average molecular weight is 518 g/mol. The highest BCUT2D eigenvalue weighted by Gasteiger charge is 2.19. The Hall–Kier alpha value is -2.74. The van der Waals surface area contributed by atoms with E-state index in [-0.39, 0.29) is 12.3 Å². The van der Waals surface area contributed by atoms with Gasteiger partial charge in [0.05, 0.1) is 27.9 Å². The van der Waals surface area contributed by atoms with E-state index in [0.29, 0.717) is 27.9 Å². The van der Waals surface area contributed by atoms with E-state index in [9.17, 15) is 9.59 Å². The zero-order valence-electron chi connectivity index (χ0n) is 19.7. The van der Waals surface area contributed by atoms with Crippen LogP contribution in [0.25, 0.3) is 10.9 Å². The number of aromatic nitrogens is 1. The van der Waals surface area contributed by atoms with Crippen molar-refractivity contribution in [2.45, 2.75) is 26.5 Å². The van der Waals surface area contributed by atoms with Crippen molar-refractivity contribution in [2.24, 2.45) is 0 Å². The minimum Gasteiger partial charge on any atom is -0.494 e. The molecule has 1 aliphatic heterocycles. The summed E-state index contributed by atoms with van der Waals surface area (Å²) in [4.78, 5) is 28.2. The van der Waals surface area contributed by atoms with Gasteiger partial charge >= 0.3 is 5.97 Å². The lowest BCUT2D eigenvalue weighted by Crippen LogP contribution is -2.46. The number of carbonyl (C=O) groups excluding carboxylic acids is 1. The van der Waals surface area contributed by atoms with Crippen LogP contribution in [0.3, 0.4) is 0 Å². The molecule has 0 spiro atoms. The van der Waals surface area contributed by atoms with E-state index in [4.69, 9.17) is 32.7 Å². The molecule has 4 rings (SSSR count). The molecule has 1 fully saturated rings. The molecule has 0 amide bonds. The number of hydrogen-bond donors (Lipinski definition) is 0. The molecule has 186 valence electrons. The van der Waals surface area contributed by atoms with Crippen molar-refractivity contribution >= 4 is 45.8 Å². The molecule has 7 nitrogen and oxygen atoms in total. The maximum absolute atomic E-state index is 12.2. The number of anilines is 1. The fourth-order valence-corrected chi connectivity index (χ4v) is 4.64. The Labute approximate surface area is 214 Å². The van der Waals surface area contributed by atoms with E-state index in [0.717, 1.165) is 56.6 Å². The first-order valence-corrected chi connectivity index (χ1v) is 12.5. The molecular weight excluding hydrogens is 489 g/mol. The van der Waals surface area contributed by atoms with E-state index in [1.54, 1.807) is 6.07 Å². The van der Waals surface area contributed by atoms with Crippen LogP contribution in [0.15, 0.2) is 53.3 Å². The highest BCUT2D eigenvalue weighted by Crippen LogP contribution is 2.32. The molecule has 0 saturated carbocycles. The molecule has 0 N–H and O–H groups in total. The molecule has 3 aromatic rings. The van der Waals surface area contributed by atoms with Gasteiger partial charge < -0.3 is 14.4 Å². The van der Waals surface area contributed by atoms with Crippen LogP contribution < -0.4 is 15.2 Å². The lowest BCUT2D eigenvalue weighted by Gasteiger charge is -2.36. The number of nitrogens with zero attached hydrogens (tertiary/aromatic N) is 3. The number of halogens is 2. The molecule has 2 heterocycles. The molecule has 1 saturated heterocycles. The lowest BCUT2D eigenvalue weighted by atomic mass is 10.2. The van der Waals surface area contributed by atoms with E-state index in [1.807, 2.05) is 36.4 Å². The number of rotatable bonds is 9. The summed E-state index contributed by atoms with van der Waals surface area (Å²) in [5.74, 6) is 0.252. The predicted octanol–water partition coefficient (Wildman–Crippen LogP) is 4.81. The zero-order chi connectivity index (χ0) is 24.8. The number of pyridine rings is 1. The quantitative estimate of drug-likeness (QED) is 0.299. The monoisotopic (exact) mass is 517 g/mol. The molecule has 0 radical (unpaired) electrons. The minimum absolute atomic E-state index is 0.119. The van der Waals surface area contributed by atoms with Crippen molar-refractivity contribution in [3.05, 3.63) is 68.9 Å². The number of benzene rings is 2. The topological polar surface area (TPSA) is 64.0 Å². The molecule has 0 aliphatic carbocycles. The van der Waals surface area contributed by atoms with Crippen LogP contribution in [0.2, 0.25) is 10.0 Å². The second-order valence-corrected chi connectivity index (χ2v) is 9.33. The number of hydrogen-bond acceptors (Lipinski definition) is 6. The van der Waals surface area contributed by atoms with Gasteiger partial charge in [-0.05, 0) is 55.1 Å². The Morgan fingerprint density at radius 1 is 1.00 bits per heavy atom. The molecular formula is C26H29Cl2N3O4. The molecule has 1 aliphatic rings. The Bertz CT molecular complexity index is 1240. The molecule has 0 bridgehead atoms. The van der Waals surface area contributed by atoms with Gasteiger partial charge in [0.15, 0.2) is 6.73 Å². The Kier molecular flexibility index (Phi) is 8.55. The number of unbranched alkanes of at least 4 members (excludes halogenated alkanes) is 1. The fraction of sp³-hybridized carbons (Fsp3) is 0.385. The van der Waals surface area contributed by atoms with E-state index in [1.165, 1.54) is 17.6 Å². The summed E-state index contributed by atoms with van der Waals surface area (Å²) in [6.45, 7) is 6.60.